The minimum Gasteiger partial charge on any atom is -0.386 e. The van der Waals surface area contributed by atoms with Crippen molar-refractivity contribution in [2.24, 2.45) is 0 Å². The summed E-state index contributed by atoms with van der Waals surface area (Å²) < 4.78 is 0. The fourth-order valence-electron chi connectivity index (χ4n) is 2.77. The lowest BCUT2D eigenvalue weighted by molar-refractivity contribution is 0.0715. The molecule has 0 amide bonds. The van der Waals surface area contributed by atoms with Crippen molar-refractivity contribution in [3.63, 3.8) is 0 Å². The maximum atomic E-state index is 10.4. The van der Waals surface area contributed by atoms with Gasteiger partial charge in [0.05, 0.1) is 16.8 Å². The summed E-state index contributed by atoms with van der Waals surface area (Å²) in [5.41, 5.74) is 1.80. The summed E-state index contributed by atoms with van der Waals surface area (Å²) in [5.74, 6) is 0. The first kappa shape index (κ1) is 19.6. The quantitative estimate of drug-likeness (QED) is 0.771. The van der Waals surface area contributed by atoms with Crippen LogP contribution in [0.1, 0.15) is 69.4 Å². The molecule has 2 aromatic rings. The third-order valence-electron chi connectivity index (χ3n) is 4.47. The van der Waals surface area contributed by atoms with E-state index in [2.05, 4.69) is 0 Å². The zero-order valence-corrected chi connectivity index (χ0v) is 16.1. The second-order valence-electron chi connectivity index (χ2n) is 8.47. The Hall–Kier alpha value is -1.68. The van der Waals surface area contributed by atoms with Crippen LogP contribution < -0.4 is 0 Å². The van der Waals surface area contributed by atoms with Crippen LogP contribution in [0.5, 0.6) is 0 Å². The second kappa shape index (κ2) is 6.56. The minimum absolute atomic E-state index is 0.694. The van der Waals surface area contributed by atoms with Crippen molar-refractivity contribution in [3.05, 3.63) is 70.3 Å². The number of rotatable bonds is 5. The molecule has 0 saturated heterocycles. The highest BCUT2D eigenvalue weighted by atomic mass is 16.3. The summed E-state index contributed by atoms with van der Waals surface area (Å²) in [7, 11) is 0. The molecular formula is C22H30O3. The molecule has 0 aliphatic heterocycles. The summed E-state index contributed by atoms with van der Waals surface area (Å²) in [6.07, 6.45) is 0.694. The van der Waals surface area contributed by atoms with E-state index in [0.717, 1.165) is 27.8 Å². The van der Waals surface area contributed by atoms with Crippen molar-refractivity contribution in [2.45, 2.75) is 64.8 Å². The number of hydrogen-bond donors (Lipinski definition) is 3. The van der Waals surface area contributed by atoms with Crippen LogP contribution in [0.2, 0.25) is 0 Å². The monoisotopic (exact) mass is 342 g/mol. The molecule has 3 N–H and O–H groups in total. The summed E-state index contributed by atoms with van der Waals surface area (Å²) in [5, 5.41) is 30.8. The van der Waals surface area contributed by atoms with Gasteiger partial charge in [-0.1, -0.05) is 42.5 Å². The van der Waals surface area contributed by atoms with Gasteiger partial charge in [0.25, 0.3) is 0 Å². The Morgan fingerprint density at radius 2 is 0.960 bits per heavy atom. The zero-order chi connectivity index (χ0) is 19.0. The lowest BCUT2D eigenvalue weighted by Crippen LogP contribution is -2.21. The van der Waals surface area contributed by atoms with E-state index in [1.165, 1.54) is 0 Å². The molecule has 2 rings (SSSR count). The Morgan fingerprint density at radius 3 is 1.32 bits per heavy atom. The van der Waals surface area contributed by atoms with Crippen LogP contribution in [-0.2, 0) is 23.2 Å². The molecule has 3 nitrogen and oxygen atoms in total. The van der Waals surface area contributed by atoms with E-state index in [1.807, 2.05) is 42.5 Å². The van der Waals surface area contributed by atoms with Gasteiger partial charge in [-0.05, 0) is 75.8 Å². The van der Waals surface area contributed by atoms with E-state index in [4.69, 9.17) is 0 Å². The molecule has 25 heavy (non-hydrogen) atoms. The Balaban J connectivity index is 2.38. The molecule has 0 spiro atoms. The largest absolute Gasteiger partial charge is 0.386 e. The average molecular weight is 342 g/mol. The van der Waals surface area contributed by atoms with Crippen LogP contribution in [0.25, 0.3) is 0 Å². The minimum atomic E-state index is -0.971. The van der Waals surface area contributed by atoms with Crippen LogP contribution in [0, 0.1) is 0 Å². The van der Waals surface area contributed by atoms with E-state index < -0.39 is 16.8 Å². The molecule has 0 aromatic heterocycles. The van der Waals surface area contributed by atoms with Crippen molar-refractivity contribution in [2.75, 3.05) is 0 Å². The third-order valence-corrected chi connectivity index (χ3v) is 4.47. The first-order valence-corrected chi connectivity index (χ1v) is 8.68. The van der Waals surface area contributed by atoms with E-state index in [-0.39, 0.29) is 0 Å². The van der Waals surface area contributed by atoms with E-state index >= 15 is 0 Å². The maximum Gasteiger partial charge on any atom is 0.0840 e. The standard InChI is InChI=1S/C22H30O3/c1-20(2,23)17-9-7-15(8-10-17)11-16-12-18(21(3,4)24)14-19(13-16)22(5,6)25/h7-10,12-14,23-25H,11H2,1-6H3. The summed E-state index contributed by atoms with van der Waals surface area (Å²) in [4.78, 5) is 0. The van der Waals surface area contributed by atoms with Gasteiger partial charge in [-0.3, -0.25) is 0 Å². The Morgan fingerprint density at radius 1 is 0.560 bits per heavy atom. The van der Waals surface area contributed by atoms with Gasteiger partial charge < -0.3 is 15.3 Å². The smallest absolute Gasteiger partial charge is 0.0840 e. The van der Waals surface area contributed by atoms with Gasteiger partial charge in [0.1, 0.15) is 0 Å². The van der Waals surface area contributed by atoms with Gasteiger partial charge in [-0.2, -0.15) is 0 Å². The third kappa shape index (κ3) is 5.15. The van der Waals surface area contributed by atoms with Gasteiger partial charge >= 0.3 is 0 Å². The molecule has 0 heterocycles. The predicted octanol–water partition coefficient (Wildman–Crippen LogP) is 3.96. The molecule has 0 unspecified atom stereocenters. The molecule has 0 aliphatic rings. The maximum absolute atomic E-state index is 10.4. The summed E-state index contributed by atoms with van der Waals surface area (Å²) in [6, 6.07) is 13.7. The normalized spacial score (nSPS) is 13.2. The summed E-state index contributed by atoms with van der Waals surface area (Å²) >= 11 is 0. The molecule has 2 aromatic carbocycles. The molecule has 0 bridgehead atoms. The SMILES string of the molecule is CC(C)(O)c1ccc(Cc2cc(C(C)(C)O)cc(C(C)(C)O)c2)cc1. The predicted molar refractivity (Wildman–Crippen MR) is 101 cm³/mol. The van der Waals surface area contributed by atoms with Crippen molar-refractivity contribution >= 4 is 0 Å². The van der Waals surface area contributed by atoms with Crippen LogP contribution in [0.3, 0.4) is 0 Å². The Labute approximate surface area is 151 Å². The van der Waals surface area contributed by atoms with Crippen LogP contribution in [0.15, 0.2) is 42.5 Å². The van der Waals surface area contributed by atoms with Crippen LogP contribution in [-0.4, -0.2) is 15.3 Å². The van der Waals surface area contributed by atoms with Crippen LogP contribution in [0.4, 0.5) is 0 Å². The highest BCUT2D eigenvalue weighted by Crippen LogP contribution is 2.29. The van der Waals surface area contributed by atoms with Gasteiger partial charge in [0.15, 0.2) is 0 Å². The fraction of sp³-hybridized carbons (Fsp3) is 0.455. The lowest BCUT2D eigenvalue weighted by atomic mass is 9.87. The summed E-state index contributed by atoms with van der Waals surface area (Å²) in [6.45, 7) is 10.5. The second-order valence-corrected chi connectivity index (χ2v) is 8.47. The molecule has 3 heteroatoms. The molecule has 136 valence electrons. The van der Waals surface area contributed by atoms with Crippen molar-refractivity contribution in [3.8, 4) is 0 Å². The molecule has 0 fully saturated rings. The number of hydrogen-bond acceptors (Lipinski definition) is 3. The average Bonchev–Trinajstić information content (AvgIpc) is 2.44. The Kier molecular flexibility index (Phi) is 5.16. The molecule has 0 saturated carbocycles. The van der Waals surface area contributed by atoms with E-state index in [9.17, 15) is 15.3 Å². The molecule has 0 aliphatic carbocycles. The van der Waals surface area contributed by atoms with Crippen molar-refractivity contribution in [1.29, 1.82) is 0 Å². The van der Waals surface area contributed by atoms with Crippen molar-refractivity contribution < 1.29 is 15.3 Å². The van der Waals surface area contributed by atoms with Gasteiger partial charge in [0.2, 0.25) is 0 Å². The first-order valence-electron chi connectivity index (χ1n) is 8.68. The van der Waals surface area contributed by atoms with Gasteiger partial charge in [-0.25, -0.2) is 0 Å². The number of aliphatic hydroxyl groups is 3. The highest BCUT2D eigenvalue weighted by molar-refractivity contribution is 5.39. The zero-order valence-electron chi connectivity index (χ0n) is 16.1. The topological polar surface area (TPSA) is 60.7 Å². The number of benzene rings is 2. The Bertz CT molecular complexity index is 692. The first-order chi connectivity index (χ1) is 11.3. The van der Waals surface area contributed by atoms with Crippen LogP contribution >= 0.6 is 0 Å². The lowest BCUT2D eigenvalue weighted by Gasteiger charge is -2.25. The molecule has 0 radical (unpaired) electrons. The van der Waals surface area contributed by atoms with Gasteiger partial charge in [-0.15, -0.1) is 0 Å². The molecule has 0 atom stereocenters. The molecular weight excluding hydrogens is 312 g/mol. The van der Waals surface area contributed by atoms with E-state index in [1.54, 1.807) is 41.5 Å². The van der Waals surface area contributed by atoms with E-state index in [0.29, 0.717) is 6.42 Å². The van der Waals surface area contributed by atoms with Crippen molar-refractivity contribution in [1.82, 2.24) is 0 Å². The fourth-order valence-corrected chi connectivity index (χ4v) is 2.77. The van der Waals surface area contributed by atoms with Gasteiger partial charge in [0, 0.05) is 0 Å². The highest BCUT2D eigenvalue weighted by Gasteiger charge is 2.23.